The van der Waals surface area contributed by atoms with Crippen molar-refractivity contribution in [1.82, 2.24) is 14.9 Å². The van der Waals surface area contributed by atoms with Gasteiger partial charge in [-0.15, -0.1) is 0 Å². The maximum absolute atomic E-state index is 11.9. The summed E-state index contributed by atoms with van der Waals surface area (Å²) in [4.78, 5) is 32.7. The Morgan fingerprint density at radius 3 is 2.79 bits per heavy atom. The second-order valence-electron chi connectivity index (χ2n) is 4.50. The number of aromatic amines is 1. The first-order valence-corrected chi connectivity index (χ1v) is 7.66. The van der Waals surface area contributed by atoms with Gasteiger partial charge in [0.1, 0.15) is 0 Å². The predicted molar refractivity (Wildman–Crippen MR) is 75.5 cm³/mol. The van der Waals surface area contributed by atoms with Crippen molar-refractivity contribution in [2.75, 3.05) is 18.8 Å². The fourth-order valence-corrected chi connectivity index (χ4v) is 3.07. The minimum absolute atomic E-state index is 0.0414. The molecule has 1 amide bonds. The molecule has 0 spiro atoms. The van der Waals surface area contributed by atoms with Gasteiger partial charge in [0.25, 0.3) is 5.56 Å². The molecule has 1 N–H and O–H groups in total. The van der Waals surface area contributed by atoms with Crippen molar-refractivity contribution in [1.29, 1.82) is 0 Å². The lowest BCUT2D eigenvalue weighted by molar-refractivity contribution is -0.127. The predicted octanol–water partition coefficient (Wildman–Crippen LogP) is 1.22. The largest absolute Gasteiger partial charge is 0.343 e. The van der Waals surface area contributed by atoms with Crippen molar-refractivity contribution < 1.29 is 4.79 Å². The number of carbonyl (C=O) groups excluding carboxylic acids is 1. The highest BCUT2D eigenvalue weighted by atomic mass is 32.2. The third-order valence-electron chi connectivity index (χ3n) is 3.37. The summed E-state index contributed by atoms with van der Waals surface area (Å²) in [5.74, 6) is 0.404. The maximum atomic E-state index is 11.9. The second kappa shape index (κ2) is 6.23. The molecule has 0 bridgehead atoms. The molecule has 1 heterocycles. The van der Waals surface area contributed by atoms with Crippen LogP contribution in [-0.4, -0.2) is 39.6 Å². The van der Waals surface area contributed by atoms with E-state index in [0.717, 1.165) is 30.5 Å². The third kappa shape index (κ3) is 3.18. The molecular weight excluding hydrogens is 262 g/mol. The molecular formula is C13H19N3O2S. The Kier molecular flexibility index (Phi) is 4.63. The van der Waals surface area contributed by atoms with Gasteiger partial charge in [0, 0.05) is 18.7 Å². The first kappa shape index (κ1) is 14.1. The maximum Gasteiger partial charge on any atom is 0.254 e. The fraction of sp³-hybridized carbons (Fsp3) is 0.615. The lowest BCUT2D eigenvalue weighted by atomic mass is 10.3. The number of nitrogens with one attached hydrogen (secondary N) is 1. The first-order chi connectivity index (χ1) is 9.15. The summed E-state index contributed by atoms with van der Waals surface area (Å²) >= 11 is 1.31. The molecule has 1 aromatic heterocycles. The van der Waals surface area contributed by atoms with Crippen molar-refractivity contribution in [3.05, 3.63) is 21.6 Å². The average Bonchev–Trinajstić information content (AvgIpc) is 2.86. The van der Waals surface area contributed by atoms with E-state index in [0.29, 0.717) is 24.0 Å². The molecule has 1 aliphatic rings. The monoisotopic (exact) mass is 281 g/mol. The van der Waals surface area contributed by atoms with Crippen LogP contribution in [0, 0.1) is 0 Å². The quantitative estimate of drug-likeness (QED) is 0.651. The minimum Gasteiger partial charge on any atom is -0.343 e. The highest BCUT2D eigenvalue weighted by Gasteiger charge is 2.18. The van der Waals surface area contributed by atoms with Crippen LogP contribution in [0.25, 0.3) is 0 Å². The van der Waals surface area contributed by atoms with Crippen LogP contribution in [0.4, 0.5) is 0 Å². The molecule has 104 valence electrons. The average molecular weight is 281 g/mol. The van der Waals surface area contributed by atoms with Gasteiger partial charge >= 0.3 is 0 Å². The Morgan fingerprint density at radius 1 is 1.37 bits per heavy atom. The topological polar surface area (TPSA) is 66.1 Å². The SMILES string of the molecule is CCN(CC)C(=O)CSc1nc2c(c(=O)[nH]1)CCC2. The van der Waals surface area contributed by atoms with E-state index in [1.54, 1.807) is 4.90 Å². The number of aromatic nitrogens is 2. The highest BCUT2D eigenvalue weighted by Crippen LogP contribution is 2.19. The number of nitrogens with zero attached hydrogens (tertiary/aromatic N) is 2. The number of thioether (sulfide) groups is 1. The Morgan fingerprint density at radius 2 is 2.11 bits per heavy atom. The summed E-state index contributed by atoms with van der Waals surface area (Å²) in [6.07, 6.45) is 2.69. The van der Waals surface area contributed by atoms with Gasteiger partial charge in [-0.05, 0) is 33.1 Å². The molecule has 6 heteroatoms. The van der Waals surface area contributed by atoms with Crippen molar-refractivity contribution in [3.63, 3.8) is 0 Å². The summed E-state index contributed by atoms with van der Waals surface area (Å²) in [6.45, 7) is 5.34. The molecule has 0 aliphatic heterocycles. The van der Waals surface area contributed by atoms with Crippen molar-refractivity contribution in [3.8, 4) is 0 Å². The molecule has 1 aromatic rings. The van der Waals surface area contributed by atoms with E-state index < -0.39 is 0 Å². The molecule has 0 aromatic carbocycles. The van der Waals surface area contributed by atoms with Gasteiger partial charge < -0.3 is 9.88 Å². The molecule has 1 aliphatic carbocycles. The number of aryl methyl sites for hydroxylation is 1. The Labute approximate surface area is 116 Å². The van der Waals surface area contributed by atoms with E-state index in [-0.39, 0.29) is 11.5 Å². The second-order valence-corrected chi connectivity index (χ2v) is 5.47. The van der Waals surface area contributed by atoms with Crippen LogP contribution in [-0.2, 0) is 17.6 Å². The Bertz CT molecular complexity index is 523. The molecule has 0 fully saturated rings. The molecule has 5 nitrogen and oxygen atoms in total. The summed E-state index contributed by atoms with van der Waals surface area (Å²) in [7, 11) is 0. The van der Waals surface area contributed by atoms with Crippen molar-refractivity contribution in [2.24, 2.45) is 0 Å². The Hall–Kier alpha value is -1.30. The zero-order chi connectivity index (χ0) is 13.8. The summed E-state index contributed by atoms with van der Waals surface area (Å²) < 4.78 is 0. The van der Waals surface area contributed by atoms with Crippen LogP contribution < -0.4 is 5.56 Å². The van der Waals surface area contributed by atoms with Crippen LogP contribution in [0.15, 0.2) is 9.95 Å². The molecule has 0 atom stereocenters. The van der Waals surface area contributed by atoms with E-state index in [1.165, 1.54) is 11.8 Å². The van der Waals surface area contributed by atoms with E-state index in [4.69, 9.17) is 0 Å². The van der Waals surface area contributed by atoms with E-state index in [2.05, 4.69) is 9.97 Å². The summed E-state index contributed by atoms with van der Waals surface area (Å²) in [6, 6.07) is 0. The Balaban J connectivity index is 2.03. The van der Waals surface area contributed by atoms with Crippen LogP contribution in [0.2, 0.25) is 0 Å². The fourth-order valence-electron chi connectivity index (χ4n) is 2.28. The van der Waals surface area contributed by atoms with Crippen LogP contribution in [0.1, 0.15) is 31.5 Å². The molecule has 0 saturated heterocycles. The lowest BCUT2D eigenvalue weighted by Crippen LogP contribution is -2.32. The van der Waals surface area contributed by atoms with Gasteiger partial charge in [0.15, 0.2) is 5.16 Å². The number of hydrogen-bond donors (Lipinski definition) is 1. The standard InChI is InChI=1S/C13H19N3O2S/c1-3-16(4-2)11(17)8-19-13-14-10-7-5-6-9(10)12(18)15-13/h3-8H2,1-2H3,(H,14,15,18). The molecule has 0 radical (unpaired) electrons. The number of rotatable bonds is 5. The van der Waals surface area contributed by atoms with Gasteiger partial charge in [0.05, 0.1) is 11.4 Å². The molecule has 0 unspecified atom stereocenters. The van der Waals surface area contributed by atoms with Crippen molar-refractivity contribution in [2.45, 2.75) is 38.3 Å². The van der Waals surface area contributed by atoms with E-state index in [9.17, 15) is 9.59 Å². The third-order valence-corrected chi connectivity index (χ3v) is 4.23. The zero-order valence-electron chi connectivity index (χ0n) is 11.4. The normalized spacial score (nSPS) is 13.4. The summed E-state index contributed by atoms with van der Waals surface area (Å²) in [5.41, 5.74) is 1.68. The van der Waals surface area contributed by atoms with Crippen LogP contribution >= 0.6 is 11.8 Å². The number of hydrogen-bond acceptors (Lipinski definition) is 4. The van der Waals surface area contributed by atoms with Crippen LogP contribution in [0.3, 0.4) is 0 Å². The van der Waals surface area contributed by atoms with Gasteiger partial charge in [-0.25, -0.2) is 4.98 Å². The minimum atomic E-state index is -0.0414. The number of amides is 1. The van der Waals surface area contributed by atoms with E-state index in [1.807, 2.05) is 13.8 Å². The van der Waals surface area contributed by atoms with Crippen molar-refractivity contribution >= 4 is 17.7 Å². The zero-order valence-corrected chi connectivity index (χ0v) is 12.2. The highest BCUT2D eigenvalue weighted by molar-refractivity contribution is 7.99. The van der Waals surface area contributed by atoms with Gasteiger partial charge in [-0.2, -0.15) is 0 Å². The number of carbonyl (C=O) groups is 1. The summed E-state index contributed by atoms with van der Waals surface area (Å²) in [5, 5.41) is 0.561. The van der Waals surface area contributed by atoms with Gasteiger partial charge in [-0.1, -0.05) is 11.8 Å². The lowest BCUT2D eigenvalue weighted by Gasteiger charge is -2.17. The number of fused-ring (bicyclic) bond motifs is 1. The first-order valence-electron chi connectivity index (χ1n) is 6.68. The smallest absolute Gasteiger partial charge is 0.254 e. The van der Waals surface area contributed by atoms with Gasteiger partial charge in [-0.3, -0.25) is 9.59 Å². The van der Waals surface area contributed by atoms with Crippen LogP contribution in [0.5, 0.6) is 0 Å². The molecule has 0 saturated carbocycles. The van der Waals surface area contributed by atoms with E-state index >= 15 is 0 Å². The van der Waals surface area contributed by atoms with Gasteiger partial charge in [0.2, 0.25) is 5.91 Å². The molecule has 19 heavy (non-hydrogen) atoms. The number of H-pyrrole nitrogens is 1. The molecule has 2 rings (SSSR count).